The molecule has 0 fully saturated rings. The Morgan fingerprint density at radius 3 is 2.57 bits per heavy atom. The number of hydrogen-bond acceptors (Lipinski definition) is 4. The van der Waals surface area contributed by atoms with Gasteiger partial charge >= 0.3 is 6.61 Å². The summed E-state index contributed by atoms with van der Waals surface area (Å²) in [5.74, 6) is 5.75. The largest absolute Gasteiger partial charge is 0.435 e. The number of halogens is 3. The van der Waals surface area contributed by atoms with Gasteiger partial charge in [-0.1, -0.05) is 12.1 Å². The predicted molar refractivity (Wildman–Crippen MR) is 77.8 cm³/mol. The van der Waals surface area contributed by atoms with Crippen LogP contribution in [0.3, 0.4) is 0 Å². The third-order valence-electron chi connectivity index (χ3n) is 3.01. The fourth-order valence-electron chi connectivity index (χ4n) is 2.09. The van der Waals surface area contributed by atoms with E-state index in [1.165, 1.54) is 12.1 Å². The van der Waals surface area contributed by atoms with E-state index in [1.807, 2.05) is 6.92 Å². The van der Waals surface area contributed by atoms with Crippen molar-refractivity contribution >= 4 is 15.9 Å². The maximum Gasteiger partial charge on any atom is 0.387 e. The van der Waals surface area contributed by atoms with Crippen LogP contribution in [0.25, 0.3) is 0 Å². The van der Waals surface area contributed by atoms with Gasteiger partial charge in [0.25, 0.3) is 0 Å². The van der Waals surface area contributed by atoms with Crippen molar-refractivity contribution in [3.8, 4) is 5.75 Å². The number of nitrogens with one attached hydrogen (secondary N) is 1. The summed E-state index contributed by atoms with van der Waals surface area (Å²) in [7, 11) is 0. The Hall–Kier alpha value is -1.51. The summed E-state index contributed by atoms with van der Waals surface area (Å²) in [6, 6.07) is 6.00. The minimum atomic E-state index is -2.84. The van der Waals surface area contributed by atoms with Crippen LogP contribution in [0, 0.1) is 0 Å². The first-order chi connectivity index (χ1) is 10.1. The molecule has 21 heavy (non-hydrogen) atoms. The summed E-state index contributed by atoms with van der Waals surface area (Å²) >= 11 is 3.44. The normalized spacial score (nSPS) is 12.7. The monoisotopic (exact) mass is 360 g/mol. The van der Waals surface area contributed by atoms with Crippen molar-refractivity contribution in [2.45, 2.75) is 26.1 Å². The van der Waals surface area contributed by atoms with Crippen LogP contribution in [0.1, 0.15) is 24.2 Å². The average Bonchev–Trinajstić information content (AvgIpc) is 2.82. The van der Waals surface area contributed by atoms with E-state index in [9.17, 15) is 8.78 Å². The Labute approximate surface area is 129 Å². The fourth-order valence-corrected chi connectivity index (χ4v) is 2.61. The minimum Gasteiger partial charge on any atom is -0.435 e. The van der Waals surface area contributed by atoms with Crippen molar-refractivity contribution in [2.75, 3.05) is 0 Å². The molecule has 1 unspecified atom stereocenters. The SMILES string of the molecule is CCn1ncc(Br)c1C(NN)c1ccc(OC(F)F)cc1. The van der Waals surface area contributed by atoms with Gasteiger partial charge in [0.1, 0.15) is 5.75 Å². The molecule has 0 saturated carbocycles. The van der Waals surface area contributed by atoms with E-state index in [0.717, 1.165) is 15.7 Å². The number of nitrogens with zero attached hydrogens (tertiary/aromatic N) is 2. The van der Waals surface area contributed by atoms with E-state index in [0.29, 0.717) is 6.54 Å². The number of aromatic nitrogens is 2. The Balaban J connectivity index is 2.31. The second kappa shape index (κ2) is 6.97. The van der Waals surface area contributed by atoms with Crippen molar-refractivity contribution in [3.05, 3.63) is 46.2 Å². The van der Waals surface area contributed by atoms with Gasteiger partial charge in [-0.2, -0.15) is 13.9 Å². The molecular weight excluding hydrogens is 346 g/mol. The van der Waals surface area contributed by atoms with Gasteiger partial charge < -0.3 is 4.74 Å². The van der Waals surface area contributed by atoms with Gasteiger partial charge in [-0.15, -0.1) is 0 Å². The molecule has 8 heteroatoms. The van der Waals surface area contributed by atoms with Crippen LogP contribution in [-0.2, 0) is 6.54 Å². The Kier molecular flexibility index (Phi) is 5.27. The summed E-state index contributed by atoms with van der Waals surface area (Å²) in [4.78, 5) is 0. The van der Waals surface area contributed by atoms with Gasteiger partial charge in [0.2, 0.25) is 0 Å². The zero-order chi connectivity index (χ0) is 15.4. The van der Waals surface area contributed by atoms with Crippen LogP contribution >= 0.6 is 15.9 Å². The number of rotatable bonds is 6. The molecule has 0 saturated heterocycles. The second-order valence-corrected chi connectivity index (χ2v) is 5.10. The van der Waals surface area contributed by atoms with Gasteiger partial charge in [-0.05, 0) is 40.5 Å². The lowest BCUT2D eigenvalue weighted by molar-refractivity contribution is -0.0498. The smallest absolute Gasteiger partial charge is 0.387 e. The maximum absolute atomic E-state index is 12.1. The van der Waals surface area contributed by atoms with Crippen molar-refractivity contribution < 1.29 is 13.5 Å². The fraction of sp³-hybridized carbons (Fsp3) is 0.308. The molecule has 1 atom stereocenters. The number of hydrazine groups is 1. The van der Waals surface area contributed by atoms with Crippen molar-refractivity contribution in [2.24, 2.45) is 5.84 Å². The summed E-state index contributed by atoms with van der Waals surface area (Å²) in [5, 5.41) is 4.24. The van der Waals surface area contributed by atoms with E-state index in [-0.39, 0.29) is 11.8 Å². The number of aryl methyl sites for hydroxylation is 1. The molecule has 2 rings (SSSR count). The quantitative estimate of drug-likeness (QED) is 0.614. The third kappa shape index (κ3) is 3.58. The van der Waals surface area contributed by atoms with Crippen LogP contribution in [0.15, 0.2) is 34.9 Å². The molecule has 0 aliphatic carbocycles. The molecule has 0 spiro atoms. The van der Waals surface area contributed by atoms with Gasteiger partial charge in [-0.25, -0.2) is 5.43 Å². The highest BCUT2D eigenvalue weighted by atomic mass is 79.9. The van der Waals surface area contributed by atoms with Gasteiger partial charge in [-0.3, -0.25) is 10.5 Å². The molecule has 114 valence electrons. The van der Waals surface area contributed by atoms with Crippen molar-refractivity contribution in [1.29, 1.82) is 0 Å². The van der Waals surface area contributed by atoms with Gasteiger partial charge in [0.15, 0.2) is 0 Å². The number of alkyl halides is 2. The van der Waals surface area contributed by atoms with E-state index in [1.54, 1.807) is 23.0 Å². The minimum absolute atomic E-state index is 0.104. The summed E-state index contributed by atoms with van der Waals surface area (Å²) < 4.78 is 31.3. The number of nitrogens with two attached hydrogens (primary N) is 1. The Morgan fingerprint density at radius 1 is 1.38 bits per heavy atom. The highest BCUT2D eigenvalue weighted by Gasteiger charge is 2.20. The highest BCUT2D eigenvalue weighted by molar-refractivity contribution is 9.10. The lowest BCUT2D eigenvalue weighted by Crippen LogP contribution is -2.31. The molecule has 1 aromatic carbocycles. The molecule has 3 N–H and O–H groups in total. The van der Waals surface area contributed by atoms with Crippen molar-refractivity contribution in [1.82, 2.24) is 15.2 Å². The Bertz CT molecular complexity index is 588. The molecule has 0 amide bonds. The van der Waals surface area contributed by atoms with Crippen LogP contribution in [0.2, 0.25) is 0 Å². The first kappa shape index (κ1) is 15.9. The van der Waals surface area contributed by atoms with Gasteiger partial charge in [0, 0.05) is 6.54 Å². The number of hydrogen-bond donors (Lipinski definition) is 2. The molecule has 2 aromatic rings. The van der Waals surface area contributed by atoms with E-state index in [2.05, 4.69) is 31.2 Å². The van der Waals surface area contributed by atoms with E-state index < -0.39 is 6.61 Å². The first-order valence-electron chi connectivity index (χ1n) is 6.29. The Morgan fingerprint density at radius 2 is 2.05 bits per heavy atom. The summed E-state index contributed by atoms with van der Waals surface area (Å²) in [6.45, 7) is -0.183. The molecule has 0 bridgehead atoms. The lowest BCUT2D eigenvalue weighted by atomic mass is 10.0. The van der Waals surface area contributed by atoms with Gasteiger partial charge in [0.05, 0.1) is 22.4 Å². The highest BCUT2D eigenvalue weighted by Crippen LogP contribution is 2.29. The molecule has 0 aliphatic heterocycles. The van der Waals surface area contributed by atoms with Crippen LogP contribution < -0.4 is 16.0 Å². The predicted octanol–water partition coefficient (Wildman–Crippen LogP) is 2.82. The van der Waals surface area contributed by atoms with E-state index >= 15 is 0 Å². The standard InChI is InChI=1S/C13H15BrF2N4O/c1-2-20-12(10(14)7-18-20)11(19-17)8-3-5-9(6-4-8)21-13(15)16/h3-7,11,13,19H,2,17H2,1H3. The lowest BCUT2D eigenvalue weighted by Gasteiger charge is -2.19. The molecule has 0 radical (unpaired) electrons. The molecular formula is C13H15BrF2N4O. The first-order valence-corrected chi connectivity index (χ1v) is 7.08. The molecule has 1 heterocycles. The second-order valence-electron chi connectivity index (χ2n) is 4.24. The summed E-state index contributed by atoms with van der Waals surface area (Å²) in [5.41, 5.74) is 4.40. The summed E-state index contributed by atoms with van der Waals surface area (Å²) in [6.07, 6.45) is 1.69. The number of ether oxygens (including phenoxy) is 1. The third-order valence-corrected chi connectivity index (χ3v) is 3.62. The van der Waals surface area contributed by atoms with Crippen LogP contribution in [-0.4, -0.2) is 16.4 Å². The van der Waals surface area contributed by atoms with E-state index in [4.69, 9.17) is 5.84 Å². The molecule has 0 aliphatic rings. The average molecular weight is 361 g/mol. The topological polar surface area (TPSA) is 65.1 Å². The van der Waals surface area contributed by atoms with Crippen molar-refractivity contribution in [3.63, 3.8) is 0 Å². The zero-order valence-electron chi connectivity index (χ0n) is 11.3. The number of benzene rings is 1. The van der Waals surface area contributed by atoms with Crippen LogP contribution in [0.5, 0.6) is 5.75 Å². The molecule has 5 nitrogen and oxygen atoms in total. The zero-order valence-corrected chi connectivity index (χ0v) is 12.8. The van der Waals surface area contributed by atoms with Crippen LogP contribution in [0.4, 0.5) is 8.78 Å². The maximum atomic E-state index is 12.1. The molecule has 1 aromatic heterocycles.